The van der Waals surface area contributed by atoms with Crippen LogP contribution in [0.2, 0.25) is 0 Å². The van der Waals surface area contributed by atoms with Gasteiger partial charge in [-0.1, -0.05) is 90.4 Å². The fraction of sp³-hybridized carbons (Fsp3) is 1.00. The summed E-state index contributed by atoms with van der Waals surface area (Å²) >= 11 is 0. The number of nitrogens with zero attached hydrogens (tertiary/aromatic N) is 1. The molecule has 4 unspecified atom stereocenters. The highest BCUT2D eigenvalue weighted by Gasteiger charge is 2.34. The zero-order valence-electron chi connectivity index (χ0n) is 22.9. The van der Waals surface area contributed by atoms with Crippen LogP contribution in [-0.4, -0.2) is 113 Å². The molecule has 0 rings (SSSR count). The average molecular weight is 509 g/mol. The Kier molecular flexibility index (Phi) is 21.5. The third-order valence-corrected chi connectivity index (χ3v) is 6.66. The molecule has 0 fully saturated rings. The smallest absolute Gasteiger partial charge is 0.131 e. The second-order valence-corrected chi connectivity index (χ2v) is 10.9. The minimum atomic E-state index is -1.65. The van der Waals surface area contributed by atoms with Crippen LogP contribution in [0.15, 0.2) is 0 Å². The molecule has 8 heteroatoms. The third kappa shape index (κ3) is 19.5. The molecular formula is C27H58NO7+. The molecule has 0 aliphatic heterocycles. The van der Waals surface area contributed by atoms with E-state index in [0.717, 1.165) is 12.8 Å². The molecule has 35 heavy (non-hydrogen) atoms. The number of ether oxygens (including phenoxy) is 1. The van der Waals surface area contributed by atoms with E-state index >= 15 is 0 Å². The molecule has 0 spiro atoms. The highest BCUT2D eigenvalue weighted by molar-refractivity contribution is 4.80. The van der Waals surface area contributed by atoms with E-state index in [0.29, 0.717) is 13.2 Å². The SMILES string of the molecule is CCCCCCCCCCCCCCCCOCC(O)C[N+](C)(C)CC(O)C(O)C(O)[C@H](O)CO. The van der Waals surface area contributed by atoms with Crippen LogP contribution < -0.4 is 0 Å². The van der Waals surface area contributed by atoms with Gasteiger partial charge in [0, 0.05) is 6.61 Å². The number of hydrogen-bond donors (Lipinski definition) is 6. The average Bonchev–Trinajstić information content (AvgIpc) is 2.81. The Balaban J connectivity index is 3.70. The van der Waals surface area contributed by atoms with Gasteiger partial charge in [-0.05, 0) is 6.42 Å². The van der Waals surface area contributed by atoms with E-state index < -0.39 is 37.1 Å². The van der Waals surface area contributed by atoms with Crippen LogP contribution in [0.4, 0.5) is 0 Å². The van der Waals surface area contributed by atoms with Crippen molar-refractivity contribution in [1.82, 2.24) is 0 Å². The van der Waals surface area contributed by atoms with Crippen LogP contribution in [0, 0.1) is 0 Å². The van der Waals surface area contributed by atoms with E-state index in [9.17, 15) is 25.5 Å². The first-order valence-electron chi connectivity index (χ1n) is 14.1. The van der Waals surface area contributed by atoms with Gasteiger partial charge >= 0.3 is 0 Å². The highest BCUT2D eigenvalue weighted by atomic mass is 16.5. The van der Waals surface area contributed by atoms with E-state index in [4.69, 9.17) is 9.84 Å². The Bertz CT molecular complexity index is 467. The number of hydrogen-bond acceptors (Lipinski definition) is 7. The van der Waals surface area contributed by atoms with Crippen LogP contribution in [-0.2, 0) is 4.74 Å². The van der Waals surface area contributed by atoms with E-state index in [1.165, 1.54) is 77.0 Å². The van der Waals surface area contributed by atoms with E-state index in [-0.39, 0.29) is 17.6 Å². The lowest BCUT2D eigenvalue weighted by Gasteiger charge is -2.35. The van der Waals surface area contributed by atoms with Crippen molar-refractivity contribution in [3.8, 4) is 0 Å². The monoisotopic (exact) mass is 508 g/mol. The molecule has 0 aromatic carbocycles. The number of quaternary nitrogens is 1. The Hall–Kier alpha value is -0.320. The zero-order valence-corrected chi connectivity index (χ0v) is 22.9. The molecule has 0 saturated carbocycles. The third-order valence-electron chi connectivity index (χ3n) is 6.66. The Morgan fingerprint density at radius 2 is 1.03 bits per heavy atom. The summed E-state index contributed by atoms with van der Waals surface area (Å²) < 4.78 is 5.81. The summed E-state index contributed by atoms with van der Waals surface area (Å²) in [5, 5.41) is 58.5. The summed E-state index contributed by atoms with van der Waals surface area (Å²) in [6.45, 7) is 2.75. The molecule has 0 aromatic heterocycles. The maximum Gasteiger partial charge on any atom is 0.131 e. The largest absolute Gasteiger partial charge is 0.394 e. The molecule has 212 valence electrons. The van der Waals surface area contributed by atoms with Crippen molar-refractivity contribution in [1.29, 1.82) is 0 Å². The van der Waals surface area contributed by atoms with Gasteiger partial charge in [0.25, 0.3) is 0 Å². The van der Waals surface area contributed by atoms with Gasteiger partial charge in [-0.3, -0.25) is 0 Å². The topological polar surface area (TPSA) is 131 Å². The van der Waals surface area contributed by atoms with E-state index in [1.54, 1.807) is 14.1 Å². The molecule has 0 amide bonds. The summed E-state index contributed by atoms with van der Waals surface area (Å²) in [6.07, 6.45) is 11.5. The Morgan fingerprint density at radius 1 is 0.600 bits per heavy atom. The van der Waals surface area contributed by atoms with Crippen molar-refractivity contribution < 1.29 is 39.9 Å². The van der Waals surface area contributed by atoms with Crippen LogP contribution in [0.3, 0.4) is 0 Å². The molecule has 0 aliphatic carbocycles. The lowest BCUT2D eigenvalue weighted by molar-refractivity contribution is -0.897. The maximum absolute atomic E-state index is 10.3. The van der Waals surface area contributed by atoms with Gasteiger partial charge in [0.05, 0.1) is 27.3 Å². The first-order chi connectivity index (χ1) is 16.6. The van der Waals surface area contributed by atoms with Gasteiger partial charge in [-0.15, -0.1) is 0 Å². The van der Waals surface area contributed by atoms with Gasteiger partial charge < -0.3 is 39.9 Å². The van der Waals surface area contributed by atoms with Crippen molar-refractivity contribution in [3.05, 3.63) is 0 Å². The minimum absolute atomic E-state index is 0.0619. The van der Waals surface area contributed by atoms with Crippen LogP contribution in [0.25, 0.3) is 0 Å². The predicted octanol–water partition coefficient (Wildman–Crippen LogP) is 2.36. The number of aliphatic hydroxyl groups excluding tert-OH is 6. The molecule has 0 radical (unpaired) electrons. The first kappa shape index (κ1) is 34.7. The van der Waals surface area contributed by atoms with Gasteiger partial charge in [-0.2, -0.15) is 0 Å². The Morgan fingerprint density at radius 3 is 1.49 bits per heavy atom. The quantitative estimate of drug-likeness (QED) is 0.0824. The number of aliphatic hydroxyl groups is 6. The molecular weight excluding hydrogens is 450 g/mol. The van der Waals surface area contributed by atoms with Gasteiger partial charge in [0.2, 0.25) is 0 Å². The summed E-state index contributed by atoms with van der Waals surface area (Å²) in [4.78, 5) is 0. The molecule has 0 heterocycles. The molecule has 0 aliphatic rings. The molecule has 0 bridgehead atoms. The Labute approximate surface area is 214 Å². The van der Waals surface area contributed by atoms with Gasteiger partial charge in [-0.25, -0.2) is 0 Å². The fourth-order valence-corrected chi connectivity index (χ4v) is 4.49. The number of likely N-dealkylation sites (N-methyl/N-ethyl adjacent to an activating group) is 1. The molecule has 6 N–H and O–H groups in total. The summed E-state index contributed by atoms with van der Waals surface area (Å²) in [7, 11) is 3.59. The lowest BCUT2D eigenvalue weighted by Crippen LogP contribution is -2.56. The molecule has 0 saturated heterocycles. The summed E-state index contributed by atoms with van der Waals surface area (Å²) in [5.41, 5.74) is 0. The van der Waals surface area contributed by atoms with Crippen LogP contribution in [0.5, 0.6) is 0 Å². The summed E-state index contributed by atoms with van der Waals surface area (Å²) in [6, 6.07) is 0. The van der Waals surface area contributed by atoms with E-state index in [1.807, 2.05) is 0 Å². The zero-order chi connectivity index (χ0) is 26.5. The normalized spacial score (nSPS) is 16.7. The maximum atomic E-state index is 10.3. The van der Waals surface area contributed by atoms with E-state index in [2.05, 4.69) is 6.92 Å². The lowest BCUT2D eigenvalue weighted by atomic mass is 10.0. The van der Waals surface area contributed by atoms with Crippen LogP contribution in [0.1, 0.15) is 96.8 Å². The molecule has 5 atom stereocenters. The van der Waals surface area contributed by atoms with Gasteiger partial charge in [0.1, 0.15) is 43.6 Å². The minimum Gasteiger partial charge on any atom is -0.394 e. The van der Waals surface area contributed by atoms with Crippen molar-refractivity contribution in [2.24, 2.45) is 0 Å². The molecule has 0 aromatic rings. The van der Waals surface area contributed by atoms with Crippen molar-refractivity contribution in [2.75, 3.05) is 47.0 Å². The second kappa shape index (κ2) is 21.7. The predicted molar refractivity (Wildman–Crippen MR) is 140 cm³/mol. The van der Waals surface area contributed by atoms with Crippen molar-refractivity contribution in [2.45, 2.75) is 127 Å². The number of unbranched alkanes of at least 4 members (excludes halogenated alkanes) is 13. The highest BCUT2D eigenvalue weighted by Crippen LogP contribution is 2.13. The number of rotatable bonds is 25. The second-order valence-electron chi connectivity index (χ2n) is 10.9. The van der Waals surface area contributed by atoms with Crippen molar-refractivity contribution in [3.63, 3.8) is 0 Å². The van der Waals surface area contributed by atoms with Crippen molar-refractivity contribution >= 4 is 0 Å². The first-order valence-corrected chi connectivity index (χ1v) is 14.1. The standard InChI is InChI=1S/C27H58NO7/c1-4-5-6-7-8-9-10-11-12-13-14-15-16-17-18-35-22-23(30)19-28(2,3)20-24(31)26(33)27(34)25(32)21-29/h23-27,29-34H,4-22H2,1-3H3/q+1/t23?,24?,25-,26?,27?/m1/s1. The molecule has 8 nitrogen and oxygen atoms in total. The summed E-state index contributed by atoms with van der Waals surface area (Å²) in [5.74, 6) is 0. The van der Waals surface area contributed by atoms with Crippen LogP contribution >= 0.6 is 0 Å². The fourth-order valence-electron chi connectivity index (χ4n) is 4.49. The van der Waals surface area contributed by atoms with Gasteiger partial charge in [0.15, 0.2) is 0 Å².